The monoisotopic (exact) mass is 270 g/mol. The summed E-state index contributed by atoms with van der Waals surface area (Å²) in [4.78, 5) is 12.1. The van der Waals surface area contributed by atoms with Crippen LogP contribution in [0.3, 0.4) is 0 Å². The molecular formula is C11H15ClN4O2. The highest BCUT2D eigenvalue weighted by atomic mass is 35.5. The number of likely N-dealkylation sites (N-methyl/N-ethyl adjacent to an activating group) is 1. The van der Waals surface area contributed by atoms with Gasteiger partial charge < -0.3 is 15.4 Å². The van der Waals surface area contributed by atoms with Gasteiger partial charge in [-0.05, 0) is 18.7 Å². The third kappa shape index (κ3) is 3.16. The number of anilines is 1. The molecule has 2 N–H and O–H groups in total. The first kappa shape index (κ1) is 13.2. The molecule has 0 saturated carbocycles. The van der Waals surface area contributed by atoms with E-state index in [4.69, 9.17) is 16.3 Å². The highest BCUT2D eigenvalue weighted by Crippen LogP contribution is 2.16. The Morgan fingerprint density at radius 1 is 1.50 bits per heavy atom. The van der Waals surface area contributed by atoms with Crippen LogP contribution in [-0.2, 0) is 9.53 Å². The molecule has 7 heteroatoms. The highest BCUT2D eigenvalue weighted by Gasteiger charge is 2.33. The third-order valence-corrected chi connectivity index (χ3v) is 2.97. The maximum atomic E-state index is 12.1. The minimum absolute atomic E-state index is 0.0512. The summed E-state index contributed by atoms with van der Waals surface area (Å²) in [6.45, 7) is 3.78. The van der Waals surface area contributed by atoms with Crippen molar-refractivity contribution in [1.82, 2.24) is 15.5 Å². The Labute approximate surface area is 110 Å². The van der Waals surface area contributed by atoms with E-state index >= 15 is 0 Å². The first-order chi connectivity index (χ1) is 8.70. The Morgan fingerprint density at radius 3 is 3.00 bits per heavy atom. The number of nitrogens with zero attached hydrogens (tertiary/aromatic N) is 2. The zero-order chi connectivity index (χ0) is 13.0. The molecule has 0 aliphatic carbocycles. The predicted molar refractivity (Wildman–Crippen MR) is 67.4 cm³/mol. The second-order valence-corrected chi connectivity index (χ2v) is 4.43. The zero-order valence-electron chi connectivity index (χ0n) is 10.0. The van der Waals surface area contributed by atoms with Gasteiger partial charge in [0.25, 0.3) is 0 Å². The van der Waals surface area contributed by atoms with Gasteiger partial charge in [0.1, 0.15) is 0 Å². The molecule has 2 unspecified atom stereocenters. The number of nitrogens with one attached hydrogen (secondary N) is 2. The molecule has 1 aromatic heterocycles. The first-order valence-electron chi connectivity index (χ1n) is 5.82. The number of carbonyl (C=O) groups excluding carboxylic acids is 1. The molecule has 1 aromatic rings. The van der Waals surface area contributed by atoms with Gasteiger partial charge in [-0.3, -0.25) is 4.79 Å². The molecule has 18 heavy (non-hydrogen) atoms. The van der Waals surface area contributed by atoms with Gasteiger partial charge in [0.15, 0.2) is 11.0 Å². The van der Waals surface area contributed by atoms with Crippen LogP contribution in [0.4, 0.5) is 5.82 Å². The van der Waals surface area contributed by atoms with Crippen molar-refractivity contribution in [2.24, 2.45) is 5.92 Å². The molecule has 1 saturated heterocycles. The van der Waals surface area contributed by atoms with Crippen molar-refractivity contribution in [3.8, 4) is 0 Å². The third-order valence-electron chi connectivity index (χ3n) is 2.77. The molecule has 1 aliphatic rings. The van der Waals surface area contributed by atoms with Crippen molar-refractivity contribution >= 4 is 23.3 Å². The smallest absolute Gasteiger partial charge is 0.232 e. The van der Waals surface area contributed by atoms with Gasteiger partial charge >= 0.3 is 0 Å². The molecule has 0 aromatic carbocycles. The van der Waals surface area contributed by atoms with Crippen molar-refractivity contribution in [3.05, 3.63) is 17.3 Å². The predicted octanol–water partition coefficient (Wildman–Crippen LogP) is 0.693. The molecule has 2 heterocycles. The van der Waals surface area contributed by atoms with E-state index in [1.54, 1.807) is 12.1 Å². The van der Waals surface area contributed by atoms with Crippen LogP contribution >= 0.6 is 11.6 Å². The van der Waals surface area contributed by atoms with Crippen molar-refractivity contribution in [3.63, 3.8) is 0 Å². The molecule has 98 valence electrons. The van der Waals surface area contributed by atoms with Crippen LogP contribution in [0.5, 0.6) is 0 Å². The standard InChI is InChI=1S/C11H15ClN4O2/c1-2-13-8-6-18-5-7(8)11(17)14-10-4-3-9(12)15-16-10/h3-4,7-8,13H,2,5-6H2,1H3,(H,14,16,17). The minimum Gasteiger partial charge on any atom is -0.379 e. The number of halogens is 1. The largest absolute Gasteiger partial charge is 0.379 e. The molecule has 1 fully saturated rings. The van der Waals surface area contributed by atoms with E-state index in [-0.39, 0.29) is 17.9 Å². The van der Waals surface area contributed by atoms with Crippen LogP contribution in [0.1, 0.15) is 6.92 Å². The molecule has 0 radical (unpaired) electrons. The number of hydrogen-bond donors (Lipinski definition) is 2. The van der Waals surface area contributed by atoms with Crippen LogP contribution in [0.2, 0.25) is 5.15 Å². The number of aromatic nitrogens is 2. The molecule has 2 atom stereocenters. The van der Waals surface area contributed by atoms with Crippen molar-refractivity contribution in [1.29, 1.82) is 0 Å². The maximum Gasteiger partial charge on any atom is 0.232 e. The van der Waals surface area contributed by atoms with Gasteiger partial charge in [-0.25, -0.2) is 0 Å². The number of hydrogen-bond acceptors (Lipinski definition) is 5. The van der Waals surface area contributed by atoms with Crippen molar-refractivity contribution in [2.75, 3.05) is 25.1 Å². The first-order valence-corrected chi connectivity index (χ1v) is 6.19. The summed E-state index contributed by atoms with van der Waals surface area (Å²) in [6, 6.07) is 3.25. The van der Waals surface area contributed by atoms with E-state index in [0.717, 1.165) is 6.54 Å². The van der Waals surface area contributed by atoms with Gasteiger partial charge in [0.2, 0.25) is 5.91 Å². The van der Waals surface area contributed by atoms with Gasteiger partial charge in [-0.15, -0.1) is 10.2 Å². The summed E-state index contributed by atoms with van der Waals surface area (Å²) in [5, 5.41) is 13.7. The topological polar surface area (TPSA) is 76.1 Å². The lowest BCUT2D eigenvalue weighted by molar-refractivity contribution is -0.120. The van der Waals surface area contributed by atoms with E-state index in [1.807, 2.05) is 6.92 Å². The van der Waals surface area contributed by atoms with Gasteiger partial charge in [0, 0.05) is 6.04 Å². The van der Waals surface area contributed by atoms with Crippen LogP contribution in [0.15, 0.2) is 12.1 Å². The Kier molecular flexibility index (Phi) is 4.46. The lowest BCUT2D eigenvalue weighted by atomic mass is 10.0. The van der Waals surface area contributed by atoms with Crippen LogP contribution in [-0.4, -0.2) is 41.9 Å². The van der Waals surface area contributed by atoms with E-state index in [9.17, 15) is 4.79 Å². The Bertz CT molecular complexity index is 412. The van der Waals surface area contributed by atoms with Gasteiger partial charge in [-0.2, -0.15) is 0 Å². The SMILES string of the molecule is CCNC1COCC1C(=O)Nc1ccc(Cl)nn1. The average molecular weight is 271 g/mol. The molecule has 1 amide bonds. The summed E-state index contributed by atoms with van der Waals surface area (Å²) in [5.41, 5.74) is 0. The minimum atomic E-state index is -0.206. The average Bonchev–Trinajstić information content (AvgIpc) is 2.81. The molecule has 1 aliphatic heterocycles. The fourth-order valence-corrected chi connectivity index (χ4v) is 1.98. The van der Waals surface area contributed by atoms with Crippen molar-refractivity contribution < 1.29 is 9.53 Å². The van der Waals surface area contributed by atoms with E-state index in [0.29, 0.717) is 24.2 Å². The lowest BCUT2D eigenvalue weighted by Crippen LogP contribution is -2.41. The maximum absolute atomic E-state index is 12.1. The zero-order valence-corrected chi connectivity index (χ0v) is 10.8. The summed E-state index contributed by atoms with van der Waals surface area (Å²) in [6.07, 6.45) is 0. The summed E-state index contributed by atoms with van der Waals surface area (Å²) in [5.74, 6) is 0.0732. The summed E-state index contributed by atoms with van der Waals surface area (Å²) in [7, 11) is 0. The quantitative estimate of drug-likeness (QED) is 0.842. The fourth-order valence-electron chi connectivity index (χ4n) is 1.88. The Morgan fingerprint density at radius 2 is 2.33 bits per heavy atom. The van der Waals surface area contributed by atoms with E-state index in [2.05, 4.69) is 20.8 Å². The second-order valence-electron chi connectivity index (χ2n) is 4.04. The van der Waals surface area contributed by atoms with E-state index in [1.165, 1.54) is 0 Å². The number of rotatable bonds is 4. The molecule has 0 bridgehead atoms. The molecular weight excluding hydrogens is 256 g/mol. The van der Waals surface area contributed by atoms with Gasteiger partial charge in [0.05, 0.1) is 19.1 Å². The lowest BCUT2D eigenvalue weighted by Gasteiger charge is -2.17. The van der Waals surface area contributed by atoms with Crippen LogP contribution in [0, 0.1) is 5.92 Å². The molecule has 2 rings (SSSR count). The molecule has 6 nitrogen and oxygen atoms in total. The Hall–Kier alpha value is -1.24. The number of carbonyl (C=O) groups is 1. The number of amides is 1. The highest BCUT2D eigenvalue weighted by molar-refractivity contribution is 6.29. The normalized spacial score (nSPS) is 23.0. The second kappa shape index (κ2) is 6.08. The van der Waals surface area contributed by atoms with Crippen LogP contribution in [0.25, 0.3) is 0 Å². The Balaban J connectivity index is 1.96. The molecule has 0 spiro atoms. The number of ether oxygens (including phenoxy) is 1. The summed E-state index contributed by atoms with van der Waals surface area (Å²) >= 11 is 5.62. The fraction of sp³-hybridized carbons (Fsp3) is 0.545. The van der Waals surface area contributed by atoms with E-state index < -0.39 is 0 Å². The van der Waals surface area contributed by atoms with Gasteiger partial charge in [-0.1, -0.05) is 18.5 Å². The summed E-state index contributed by atoms with van der Waals surface area (Å²) < 4.78 is 5.32. The van der Waals surface area contributed by atoms with Crippen LogP contribution < -0.4 is 10.6 Å². The van der Waals surface area contributed by atoms with Crippen molar-refractivity contribution in [2.45, 2.75) is 13.0 Å².